The number of benzene rings is 1. The van der Waals surface area contributed by atoms with Gasteiger partial charge in [-0.05, 0) is 6.42 Å². The first-order valence-corrected chi connectivity index (χ1v) is 5.90. The van der Waals surface area contributed by atoms with Crippen molar-refractivity contribution in [3.05, 3.63) is 35.9 Å². The molecule has 1 aromatic rings. The summed E-state index contributed by atoms with van der Waals surface area (Å²) in [5.41, 5.74) is -0.644. The van der Waals surface area contributed by atoms with E-state index in [1.807, 2.05) is 30.3 Å². The molecule has 4 atom stereocenters. The third kappa shape index (κ3) is 1.06. The summed E-state index contributed by atoms with van der Waals surface area (Å²) in [6, 6.07) is 9.48. The highest BCUT2D eigenvalue weighted by molar-refractivity contribution is 5.93. The number of fused-ring (bicyclic) bond motifs is 3. The van der Waals surface area contributed by atoms with Crippen LogP contribution in [0.25, 0.3) is 0 Å². The van der Waals surface area contributed by atoms with Crippen molar-refractivity contribution in [2.75, 3.05) is 6.61 Å². The van der Waals surface area contributed by atoms with Crippen LogP contribution in [0.5, 0.6) is 0 Å². The third-order valence-electron chi connectivity index (χ3n) is 4.12. The van der Waals surface area contributed by atoms with Crippen LogP contribution in [0.2, 0.25) is 0 Å². The van der Waals surface area contributed by atoms with Gasteiger partial charge in [-0.25, -0.2) is 4.39 Å². The highest BCUT2D eigenvalue weighted by atomic mass is 19.1. The Kier molecular flexibility index (Phi) is 1.62. The van der Waals surface area contributed by atoms with Crippen molar-refractivity contribution < 1.29 is 13.9 Å². The minimum absolute atomic E-state index is 0.0577. The number of carbonyl (C=O) groups is 1. The fourth-order valence-electron chi connectivity index (χ4n) is 3.13. The lowest BCUT2D eigenvalue weighted by molar-refractivity contribution is -0.141. The van der Waals surface area contributed by atoms with E-state index in [0.29, 0.717) is 13.0 Å². The molecule has 0 spiro atoms. The molecule has 3 aliphatic rings. The monoisotopic (exact) mass is 233 g/mol. The maximum absolute atomic E-state index is 14.0. The maximum Gasteiger partial charge on any atom is 0.263 e. The van der Waals surface area contributed by atoms with E-state index in [1.165, 1.54) is 0 Å². The van der Waals surface area contributed by atoms with Crippen LogP contribution in [0.4, 0.5) is 4.39 Å². The Morgan fingerprint density at radius 3 is 2.88 bits per heavy atom. The average Bonchev–Trinajstić information content (AvgIpc) is 2.80. The van der Waals surface area contributed by atoms with Crippen LogP contribution in [-0.4, -0.2) is 29.1 Å². The van der Waals surface area contributed by atoms with Crippen LogP contribution in [0.1, 0.15) is 18.2 Å². The van der Waals surface area contributed by atoms with Crippen LogP contribution in [0.3, 0.4) is 0 Å². The number of nitrogens with zero attached hydrogens (tertiary/aromatic N) is 1. The predicted molar refractivity (Wildman–Crippen MR) is 57.7 cm³/mol. The Bertz CT molecular complexity index is 491. The molecule has 1 saturated carbocycles. The summed E-state index contributed by atoms with van der Waals surface area (Å²) in [6.45, 7) is 0.460. The Hall–Kier alpha value is -1.42. The van der Waals surface area contributed by atoms with Gasteiger partial charge in [0.1, 0.15) is 0 Å². The smallest absolute Gasteiger partial charge is 0.263 e. The van der Waals surface area contributed by atoms with Gasteiger partial charge in [0.15, 0.2) is 11.9 Å². The molecule has 4 rings (SSSR count). The first-order chi connectivity index (χ1) is 8.22. The van der Waals surface area contributed by atoms with E-state index in [2.05, 4.69) is 0 Å². The van der Waals surface area contributed by atoms with Gasteiger partial charge in [-0.1, -0.05) is 30.3 Å². The highest BCUT2D eigenvalue weighted by Crippen LogP contribution is 2.60. The molecule has 0 N–H and O–H groups in total. The lowest BCUT2D eigenvalue weighted by Gasteiger charge is -2.24. The number of halogens is 1. The van der Waals surface area contributed by atoms with Gasteiger partial charge in [-0.2, -0.15) is 0 Å². The molecule has 88 valence electrons. The lowest BCUT2D eigenvalue weighted by atomic mass is 10.1. The van der Waals surface area contributed by atoms with Crippen LogP contribution in [-0.2, 0) is 9.53 Å². The Morgan fingerprint density at radius 2 is 2.12 bits per heavy atom. The number of hydrogen-bond acceptors (Lipinski definition) is 2. The SMILES string of the molecule is O=C1N2[C@@H](c3ccccc3)OC[C@@H]2[C@H]2C[C@@]12F. The van der Waals surface area contributed by atoms with E-state index in [0.717, 1.165) is 5.56 Å². The molecule has 1 aromatic carbocycles. The van der Waals surface area contributed by atoms with Crippen molar-refractivity contribution in [3.63, 3.8) is 0 Å². The Labute approximate surface area is 98.2 Å². The number of alkyl halides is 1. The number of hydrogen-bond donors (Lipinski definition) is 0. The van der Waals surface area contributed by atoms with E-state index < -0.39 is 11.9 Å². The highest BCUT2D eigenvalue weighted by Gasteiger charge is 2.75. The molecular weight excluding hydrogens is 221 g/mol. The van der Waals surface area contributed by atoms with Crippen molar-refractivity contribution in [3.8, 4) is 0 Å². The predicted octanol–water partition coefficient (Wildman–Crippen LogP) is 1.65. The van der Waals surface area contributed by atoms with Crippen molar-refractivity contribution in [1.82, 2.24) is 4.90 Å². The van der Waals surface area contributed by atoms with Gasteiger partial charge in [0.25, 0.3) is 5.91 Å². The summed E-state index contributed by atoms with van der Waals surface area (Å²) in [5.74, 6) is -0.512. The van der Waals surface area contributed by atoms with Crippen LogP contribution < -0.4 is 0 Å². The lowest BCUT2D eigenvalue weighted by Crippen LogP contribution is -2.36. The van der Waals surface area contributed by atoms with Crippen LogP contribution in [0.15, 0.2) is 30.3 Å². The quantitative estimate of drug-likeness (QED) is 0.738. The van der Waals surface area contributed by atoms with Crippen molar-refractivity contribution in [2.45, 2.75) is 24.4 Å². The van der Waals surface area contributed by atoms with Gasteiger partial charge in [-0.3, -0.25) is 4.79 Å². The van der Waals surface area contributed by atoms with Crippen molar-refractivity contribution in [1.29, 1.82) is 0 Å². The Balaban J connectivity index is 1.71. The number of carbonyl (C=O) groups excluding carboxylic acids is 1. The van der Waals surface area contributed by atoms with E-state index >= 15 is 0 Å². The number of piperidine rings is 1. The molecule has 3 nitrogen and oxygen atoms in total. The summed E-state index contributed by atoms with van der Waals surface area (Å²) in [5, 5.41) is 0. The van der Waals surface area contributed by atoms with E-state index in [-0.39, 0.29) is 17.9 Å². The third-order valence-corrected chi connectivity index (χ3v) is 4.12. The van der Waals surface area contributed by atoms with Gasteiger partial charge in [0.2, 0.25) is 0 Å². The summed E-state index contributed by atoms with van der Waals surface area (Å²) >= 11 is 0. The molecule has 3 fully saturated rings. The standard InChI is InChI=1S/C13H12FNO2/c14-13-6-9(13)10-7-17-11(15(10)12(13)16)8-4-2-1-3-5-8/h1-5,9-11H,6-7H2/t9-,10-,11-,13+/m1/s1. The summed E-state index contributed by atoms with van der Waals surface area (Å²) in [4.78, 5) is 13.6. The zero-order valence-electron chi connectivity index (χ0n) is 9.17. The second-order valence-electron chi connectivity index (χ2n) is 5.05. The molecule has 17 heavy (non-hydrogen) atoms. The first-order valence-electron chi connectivity index (χ1n) is 5.90. The zero-order valence-corrected chi connectivity index (χ0v) is 9.17. The van der Waals surface area contributed by atoms with Gasteiger partial charge in [0.05, 0.1) is 12.6 Å². The van der Waals surface area contributed by atoms with E-state index in [1.54, 1.807) is 4.90 Å². The van der Waals surface area contributed by atoms with Gasteiger partial charge in [-0.15, -0.1) is 0 Å². The van der Waals surface area contributed by atoms with Crippen molar-refractivity contribution >= 4 is 5.91 Å². The molecular formula is C13H12FNO2. The fourth-order valence-corrected chi connectivity index (χ4v) is 3.13. The molecule has 2 saturated heterocycles. The summed E-state index contributed by atoms with van der Waals surface area (Å²) in [7, 11) is 0. The largest absolute Gasteiger partial charge is 0.352 e. The van der Waals surface area contributed by atoms with Crippen molar-refractivity contribution in [2.24, 2.45) is 5.92 Å². The number of ether oxygens (including phenoxy) is 1. The molecule has 0 unspecified atom stereocenters. The molecule has 2 heterocycles. The molecule has 0 bridgehead atoms. The van der Waals surface area contributed by atoms with E-state index in [9.17, 15) is 9.18 Å². The molecule has 0 aromatic heterocycles. The second kappa shape index (κ2) is 2.88. The van der Waals surface area contributed by atoms with E-state index in [4.69, 9.17) is 4.74 Å². The van der Waals surface area contributed by atoms with Gasteiger partial charge >= 0.3 is 0 Å². The van der Waals surface area contributed by atoms with Crippen LogP contribution in [0, 0.1) is 5.92 Å². The molecule has 0 radical (unpaired) electrons. The molecule has 1 aliphatic carbocycles. The minimum Gasteiger partial charge on any atom is -0.352 e. The first kappa shape index (κ1) is 9.59. The normalized spacial score (nSPS) is 42.5. The summed E-state index contributed by atoms with van der Waals surface area (Å²) in [6.07, 6.45) is -0.00755. The average molecular weight is 233 g/mol. The summed E-state index contributed by atoms with van der Waals surface area (Å²) < 4.78 is 19.7. The topological polar surface area (TPSA) is 29.5 Å². The van der Waals surface area contributed by atoms with Gasteiger partial charge in [0, 0.05) is 11.5 Å². The van der Waals surface area contributed by atoms with Crippen LogP contribution >= 0.6 is 0 Å². The molecule has 1 amide bonds. The molecule has 2 aliphatic heterocycles. The molecule has 4 heteroatoms. The Morgan fingerprint density at radius 1 is 1.35 bits per heavy atom. The zero-order chi connectivity index (χ0) is 11.6. The minimum atomic E-state index is -1.57. The number of rotatable bonds is 1. The second-order valence-corrected chi connectivity index (χ2v) is 5.05. The van der Waals surface area contributed by atoms with Gasteiger partial charge < -0.3 is 9.64 Å². The number of amides is 1. The maximum atomic E-state index is 14.0. The fraction of sp³-hybridized carbons (Fsp3) is 0.462.